The van der Waals surface area contributed by atoms with E-state index in [2.05, 4.69) is 16.3 Å². The number of nitriles is 1. The van der Waals surface area contributed by atoms with E-state index in [1.54, 1.807) is 6.07 Å². The average molecular weight is 304 g/mol. The number of nitrogens with zero attached hydrogens (tertiary/aromatic N) is 2. The number of nitrogens with one attached hydrogen (secondary N) is 1. The summed E-state index contributed by atoms with van der Waals surface area (Å²) < 4.78 is 0. The lowest BCUT2D eigenvalue weighted by Gasteiger charge is -2.41. The van der Waals surface area contributed by atoms with Gasteiger partial charge in [0, 0.05) is 37.1 Å². The molecule has 2 saturated heterocycles. The molecule has 0 bridgehead atoms. The van der Waals surface area contributed by atoms with Crippen molar-refractivity contribution in [3.63, 3.8) is 0 Å². The molecule has 110 valence electrons. The van der Waals surface area contributed by atoms with Gasteiger partial charge in [0.2, 0.25) is 5.91 Å². The lowest BCUT2D eigenvalue weighted by Crippen LogP contribution is -2.53. The zero-order valence-corrected chi connectivity index (χ0v) is 12.6. The van der Waals surface area contributed by atoms with Crippen LogP contribution in [0.4, 0.5) is 0 Å². The number of carbonyl (C=O) groups excluding carboxylic acids is 1. The van der Waals surface area contributed by atoms with Crippen molar-refractivity contribution in [2.24, 2.45) is 5.92 Å². The third-order valence-electron chi connectivity index (χ3n) is 4.48. The highest BCUT2D eigenvalue weighted by atomic mass is 35.5. The molecule has 0 saturated carbocycles. The molecule has 1 aromatic carbocycles. The maximum Gasteiger partial charge on any atom is 0.220 e. The van der Waals surface area contributed by atoms with Crippen molar-refractivity contribution in [3.8, 4) is 6.07 Å². The van der Waals surface area contributed by atoms with Gasteiger partial charge in [-0.2, -0.15) is 5.26 Å². The largest absolute Gasteiger partial charge is 0.353 e. The van der Waals surface area contributed by atoms with Gasteiger partial charge in [-0.1, -0.05) is 17.7 Å². The predicted molar refractivity (Wildman–Crippen MR) is 80.7 cm³/mol. The zero-order chi connectivity index (χ0) is 14.8. The van der Waals surface area contributed by atoms with Gasteiger partial charge in [-0.3, -0.25) is 9.69 Å². The summed E-state index contributed by atoms with van der Waals surface area (Å²) in [4.78, 5) is 13.8. The predicted octanol–water partition coefficient (Wildman–Crippen LogP) is 2.31. The molecule has 1 aromatic rings. The Labute approximate surface area is 129 Å². The average Bonchev–Trinajstić information content (AvgIpc) is 2.49. The molecule has 2 heterocycles. The van der Waals surface area contributed by atoms with E-state index in [9.17, 15) is 4.79 Å². The molecule has 2 atom stereocenters. The van der Waals surface area contributed by atoms with E-state index < -0.39 is 0 Å². The van der Waals surface area contributed by atoms with Gasteiger partial charge in [-0.15, -0.1) is 0 Å². The molecule has 3 rings (SSSR count). The Bertz CT molecular complexity index is 596. The summed E-state index contributed by atoms with van der Waals surface area (Å²) in [6, 6.07) is 7.93. The van der Waals surface area contributed by atoms with Crippen LogP contribution in [0.2, 0.25) is 5.02 Å². The van der Waals surface area contributed by atoms with Crippen LogP contribution in [-0.2, 0) is 11.3 Å². The molecule has 0 aromatic heterocycles. The van der Waals surface area contributed by atoms with Gasteiger partial charge in [-0.25, -0.2) is 0 Å². The van der Waals surface area contributed by atoms with Gasteiger partial charge >= 0.3 is 0 Å². The third-order valence-corrected chi connectivity index (χ3v) is 4.83. The van der Waals surface area contributed by atoms with Crippen molar-refractivity contribution in [1.29, 1.82) is 5.26 Å². The number of fused-ring (bicyclic) bond motifs is 1. The summed E-state index contributed by atoms with van der Waals surface area (Å²) in [5, 5.41) is 12.6. The molecule has 5 heteroatoms. The summed E-state index contributed by atoms with van der Waals surface area (Å²) >= 11 is 6.25. The summed E-state index contributed by atoms with van der Waals surface area (Å²) in [6.45, 7) is 2.78. The van der Waals surface area contributed by atoms with Crippen LogP contribution in [-0.4, -0.2) is 29.9 Å². The fourth-order valence-corrected chi connectivity index (χ4v) is 3.56. The minimum absolute atomic E-state index is 0.194. The SMILES string of the molecule is N#Cc1ccc(CN2CCC3NC(=O)CCC3C2)c(Cl)c1. The lowest BCUT2D eigenvalue weighted by molar-refractivity contribution is -0.125. The Morgan fingerprint density at radius 1 is 1.43 bits per heavy atom. The number of hydrogen-bond acceptors (Lipinski definition) is 3. The van der Waals surface area contributed by atoms with Gasteiger partial charge < -0.3 is 5.32 Å². The Kier molecular flexibility index (Phi) is 4.14. The number of benzene rings is 1. The smallest absolute Gasteiger partial charge is 0.220 e. The van der Waals surface area contributed by atoms with E-state index in [1.807, 2.05) is 12.1 Å². The molecule has 2 aliphatic heterocycles. The Morgan fingerprint density at radius 2 is 2.29 bits per heavy atom. The quantitative estimate of drug-likeness (QED) is 0.912. The van der Waals surface area contributed by atoms with E-state index in [0.29, 0.717) is 29.0 Å². The van der Waals surface area contributed by atoms with Crippen LogP contribution in [0.25, 0.3) is 0 Å². The van der Waals surface area contributed by atoms with Crippen molar-refractivity contribution >= 4 is 17.5 Å². The molecule has 0 spiro atoms. The summed E-state index contributed by atoms with van der Waals surface area (Å²) in [6.07, 6.45) is 2.63. The topological polar surface area (TPSA) is 56.1 Å². The van der Waals surface area contributed by atoms with Gasteiger partial charge in [0.15, 0.2) is 0 Å². The Hall–Kier alpha value is -1.57. The highest BCUT2D eigenvalue weighted by Gasteiger charge is 2.33. The third kappa shape index (κ3) is 3.20. The molecule has 0 radical (unpaired) electrons. The molecule has 1 amide bonds. The van der Waals surface area contributed by atoms with Crippen LogP contribution < -0.4 is 5.32 Å². The van der Waals surface area contributed by atoms with Crippen LogP contribution in [0.3, 0.4) is 0 Å². The van der Waals surface area contributed by atoms with Gasteiger partial charge in [0.05, 0.1) is 11.6 Å². The minimum Gasteiger partial charge on any atom is -0.353 e. The maximum atomic E-state index is 11.4. The number of rotatable bonds is 2. The molecular weight excluding hydrogens is 286 g/mol. The first-order valence-electron chi connectivity index (χ1n) is 7.36. The van der Waals surface area contributed by atoms with Gasteiger partial charge in [0.1, 0.15) is 0 Å². The molecule has 2 fully saturated rings. The molecule has 4 nitrogen and oxygen atoms in total. The Morgan fingerprint density at radius 3 is 3.05 bits per heavy atom. The van der Waals surface area contributed by atoms with Crippen LogP contribution >= 0.6 is 11.6 Å². The summed E-state index contributed by atoms with van der Waals surface area (Å²) in [5.41, 5.74) is 1.66. The maximum absolute atomic E-state index is 11.4. The Balaban J connectivity index is 1.64. The number of likely N-dealkylation sites (tertiary alicyclic amines) is 1. The first-order valence-corrected chi connectivity index (χ1v) is 7.74. The van der Waals surface area contributed by atoms with E-state index >= 15 is 0 Å². The van der Waals surface area contributed by atoms with E-state index in [1.165, 1.54) is 0 Å². The van der Waals surface area contributed by atoms with Crippen molar-refractivity contribution in [2.75, 3.05) is 13.1 Å². The number of halogens is 1. The number of piperidine rings is 2. The van der Waals surface area contributed by atoms with Crippen LogP contribution in [0, 0.1) is 17.2 Å². The highest BCUT2D eigenvalue weighted by molar-refractivity contribution is 6.31. The number of hydrogen-bond donors (Lipinski definition) is 1. The van der Waals surface area contributed by atoms with E-state index in [-0.39, 0.29) is 5.91 Å². The zero-order valence-electron chi connectivity index (χ0n) is 11.8. The van der Waals surface area contributed by atoms with Crippen LogP contribution in [0.15, 0.2) is 18.2 Å². The molecule has 21 heavy (non-hydrogen) atoms. The van der Waals surface area contributed by atoms with Crippen LogP contribution in [0.5, 0.6) is 0 Å². The van der Waals surface area contributed by atoms with Crippen molar-refractivity contribution in [2.45, 2.75) is 31.8 Å². The molecular formula is C16H18ClN3O. The second kappa shape index (κ2) is 6.05. The monoisotopic (exact) mass is 303 g/mol. The lowest BCUT2D eigenvalue weighted by atomic mass is 9.85. The highest BCUT2D eigenvalue weighted by Crippen LogP contribution is 2.27. The second-order valence-corrected chi connectivity index (χ2v) is 6.32. The summed E-state index contributed by atoms with van der Waals surface area (Å²) in [7, 11) is 0. The molecule has 2 aliphatic rings. The second-order valence-electron chi connectivity index (χ2n) is 5.91. The molecule has 0 aliphatic carbocycles. The molecule has 1 N–H and O–H groups in total. The van der Waals surface area contributed by atoms with E-state index in [0.717, 1.165) is 38.0 Å². The van der Waals surface area contributed by atoms with Crippen molar-refractivity contribution in [1.82, 2.24) is 10.2 Å². The molecule has 2 unspecified atom stereocenters. The van der Waals surface area contributed by atoms with Gasteiger partial charge in [-0.05, 0) is 36.5 Å². The fraction of sp³-hybridized carbons (Fsp3) is 0.500. The minimum atomic E-state index is 0.194. The normalized spacial score (nSPS) is 25.8. The van der Waals surface area contributed by atoms with Crippen molar-refractivity contribution in [3.05, 3.63) is 34.3 Å². The first kappa shape index (κ1) is 14.4. The number of carbonyl (C=O) groups is 1. The fourth-order valence-electron chi connectivity index (χ4n) is 3.32. The standard InChI is InChI=1S/C16H18ClN3O/c17-14-7-11(8-18)1-2-12(14)9-20-6-5-15-13(10-20)3-4-16(21)19-15/h1-2,7,13,15H,3-6,9-10H2,(H,19,21). The summed E-state index contributed by atoms with van der Waals surface area (Å²) in [5.74, 6) is 0.744. The van der Waals surface area contributed by atoms with Crippen molar-refractivity contribution < 1.29 is 4.79 Å². The van der Waals surface area contributed by atoms with Gasteiger partial charge in [0.25, 0.3) is 0 Å². The van der Waals surface area contributed by atoms with E-state index in [4.69, 9.17) is 16.9 Å². The first-order chi connectivity index (χ1) is 10.2. The number of amides is 1. The van der Waals surface area contributed by atoms with Crippen LogP contribution in [0.1, 0.15) is 30.4 Å².